The molecular weight excluding hydrogens is 152 g/mol. The van der Waals surface area contributed by atoms with Crippen molar-refractivity contribution in [2.24, 2.45) is 27.4 Å². The predicted octanol–water partition coefficient (Wildman–Crippen LogP) is -0.339. The van der Waals surface area contributed by atoms with Crippen molar-refractivity contribution in [3.63, 3.8) is 0 Å². The lowest BCUT2D eigenvalue weighted by Crippen LogP contribution is -2.25. The van der Waals surface area contributed by atoms with Gasteiger partial charge in [0.1, 0.15) is 0 Å². The second-order valence-electron chi connectivity index (χ2n) is 3.20. The summed E-state index contributed by atoms with van der Waals surface area (Å²) in [4.78, 5) is 8.15. The van der Waals surface area contributed by atoms with E-state index in [9.17, 15) is 0 Å². The molecule has 2 aliphatic rings. The van der Waals surface area contributed by atoms with Crippen LogP contribution in [0.5, 0.6) is 0 Å². The van der Waals surface area contributed by atoms with E-state index in [1.165, 1.54) is 11.1 Å². The van der Waals surface area contributed by atoms with E-state index < -0.39 is 0 Å². The summed E-state index contributed by atoms with van der Waals surface area (Å²) < 4.78 is 0. The zero-order chi connectivity index (χ0) is 8.55. The normalized spacial score (nSPS) is 25.2. The predicted molar refractivity (Wildman–Crippen MR) is 49.2 cm³/mol. The first-order valence-corrected chi connectivity index (χ1v) is 4.04. The molecule has 1 heterocycles. The Morgan fingerprint density at radius 1 is 1.67 bits per heavy atom. The maximum absolute atomic E-state index is 5.23. The molecule has 0 aromatic heterocycles. The van der Waals surface area contributed by atoms with Gasteiger partial charge in [-0.15, -0.1) is 0 Å². The Balaban J connectivity index is 2.03. The van der Waals surface area contributed by atoms with Gasteiger partial charge in [-0.05, 0) is 17.6 Å². The molecule has 0 radical (unpaired) electrons. The third-order valence-electron chi connectivity index (χ3n) is 2.35. The zero-order valence-electron chi connectivity index (χ0n) is 6.83. The van der Waals surface area contributed by atoms with E-state index in [4.69, 9.17) is 11.5 Å². The first-order valence-electron chi connectivity index (χ1n) is 4.04. The number of rotatable bonds is 2. The highest BCUT2D eigenvalue weighted by Gasteiger charge is 2.30. The van der Waals surface area contributed by atoms with Crippen LogP contribution in [0.4, 0.5) is 0 Å². The summed E-state index contributed by atoms with van der Waals surface area (Å²) >= 11 is 0. The van der Waals surface area contributed by atoms with E-state index in [-0.39, 0.29) is 5.96 Å². The summed E-state index contributed by atoms with van der Waals surface area (Å²) in [6.07, 6.45) is 3.07. The van der Waals surface area contributed by atoms with Crippen molar-refractivity contribution in [3.05, 3.63) is 11.1 Å². The van der Waals surface area contributed by atoms with E-state index in [0.717, 1.165) is 13.0 Å². The van der Waals surface area contributed by atoms with E-state index >= 15 is 0 Å². The van der Waals surface area contributed by atoms with Gasteiger partial charge in [-0.3, -0.25) is 4.99 Å². The maximum atomic E-state index is 5.23. The van der Waals surface area contributed by atoms with Crippen LogP contribution in [-0.2, 0) is 0 Å². The molecule has 4 N–H and O–H groups in total. The summed E-state index contributed by atoms with van der Waals surface area (Å²) in [5.41, 5.74) is 13.2. The SMILES string of the molecule is NC(N)=NCC1=C2C=NCC2C1. The minimum absolute atomic E-state index is 0.168. The molecule has 0 aromatic rings. The quantitative estimate of drug-likeness (QED) is 0.432. The van der Waals surface area contributed by atoms with Crippen molar-refractivity contribution < 1.29 is 0 Å². The lowest BCUT2D eigenvalue weighted by molar-refractivity contribution is 0.584. The molecule has 1 unspecified atom stereocenters. The van der Waals surface area contributed by atoms with Crippen LogP contribution < -0.4 is 11.5 Å². The Hall–Kier alpha value is -1.32. The van der Waals surface area contributed by atoms with Crippen LogP contribution in [0.15, 0.2) is 21.1 Å². The van der Waals surface area contributed by atoms with Gasteiger partial charge in [0.2, 0.25) is 0 Å². The topological polar surface area (TPSA) is 76.8 Å². The molecule has 0 bridgehead atoms. The number of hydrogen-bond donors (Lipinski definition) is 2. The summed E-state index contributed by atoms with van der Waals surface area (Å²) in [6.45, 7) is 1.61. The van der Waals surface area contributed by atoms with Crippen LogP contribution in [-0.4, -0.2) is 25.3 Å². The van der Waals surface area contributed by atoms with Gasteiger partial charge in [-0.25, -0.2) is 4.99 Å². The van der Waals surface area contributed by atoms with Gasteiger partial charge in [0.25, 0.3) is 0 Å². The number of nitrogens with zero attached hydrogens (tertiary/aromatic N) is 2. The molecule has 64 valence electrons. The Labute approximate surface area is 71.1 Å². The molecule has 0 saturated carbocycles. The molecule has 0 spiro atoms. The summed E-state index contributed by atoms with van der Waals surface area (Å²) in [5.74, 6) is 0.843. The van der Waals surface area contributed by atoms with E-state index in [1.54, 1.807) is 0 Å². The molecule has 2 rings (SSSR count). The van der Waals surface area contributed by atoms with Gasteiger partial charge in [-0.1, -0.05) is 0 Å². The van der Waals surface area contributed by atoms with Crippen molar-refractivity contribution in [2.75, 3.05) is 13.1 Å². The number of fused-ring (bicyclic) bond motifs is 1. The average molecular weight is 164 g/mol. The van der Waals surface area contributed by atoms with Gasteiger partial charge >= 0.3 is 0 Å². The highest BCUT2D eigenvalue weighted by molar-refractivity contribution is 5.85. The lowest BCUT2D eigenvalue weighted by Gasteiger charge is -2.25. The highest BCUT2D eigenvalue weighted by Crippen LogP contribution is 2.36. The van der Waals surface area contributed by atoms with E-state index in [2.05, 4.69) is 9.98 Å². The number of guanidine groups is 1. The van der Waals surface area contributed by atoms with Gasteiger partial charge in [0.05, 0.1) is 6.54 Å². The molecule has 1 aliphatic carbocycles. The number of nitrogens with two attached hydrogens (primary N) is 2. The fourth-order valence-electron chi connectivity index (χ4n) is 1.66. The Morgan fingerprint density at radius 3 is 3.17 bits per heavy atom. The summed E-state index contributed by atoms with van der Waals surface area (Å²) in [5, 5.41) is 0. The first kappa shape index (κ1) is 7.34. The van der Waals surface area contributed by atoms with E-state index in [0.29, 0.717) is 12.5 Å². The number of aliphatic imine (C=N–C) groups is 2. The molecule has 0 saturated heterocycles. The van der Waals surface area contributed by atoms with Crippen molar-refractivity contribution in [2.45, 2.75) is 6.42 Å². The Morgan fingerprint density at radius 2 is 2.50 bits per heavy atom. The molecule has 4 nitrogen and oxygen atoms in total. The van der Waals surface area contributed by atoms with Crippen LogP contribution in [0.2, 0.25) is 0 Å². The molecule has 0 aromatic carbocycles. The molecule has 1 atom stereocenters. The smallest absolute Gasteiger partial charge is 0.186 e. The van der Waals surface area contributed by atoms with Crippen molar-refractivity contribution in [1.29, 1.82) is 0 Å². The third-order valence-corrected chi connectivity index (χ3v) is 2.35. The second-order valence-corrected chi connectivity index (χ2v) is 3.20. The fourth-order valence-corrected chi connectivity index (χ4v) is 1.66. The first-order chi connectivity index (χ1) is 5.77. The molecule has 0 fully saturated rings. The zero-order valence-corrected chi connectivity index (χ0v) is 6.83. The fraction of sp³-hybridized carbons (Fsp3) is 0.500. The second kappa shape index (κ2) is 2.62. The Bertz CT molecular complexity index is 283. The third kappa shape index (κ3) is 1.09. The minimum atomic E-state index is 0.168. The summed E-state index contributed by atoms with van der Waals surface area (Å²) in [6, 6.07) is 0. The van der Waals surface area contributed by atoms with E-state index in [1.807, 2.05) is 6.21 Å². The number of hydrogen-bond acceptors (Lipinski definition) is 2. The van der Waals surface area contributed by atoms with Crippen LogP contribution in [0, 0.1) is 5.92 Å². The average Bonchev–Trinajstić information content (AvgIpc) is 2.32. The highest BCUT2D eigenvalue weighted by atomic mass is 15.0. The minimum Gasteiger partial charge on any atom is -0.370 e. The van der Waals surface area contributed by atoms with Crippen molar-refractivity contribution >= 4 is 12.2 Å². The largest absolute Gasteiger partial charge is 0.370 e. The van der Waals surface area contributed by atoms with Crippen molar-refractivity contribution in [3.8, 4) is 0 Å². The van der Waals surface area contributed by atoms with Crippen LogP contribution >= 0.6 is 0 Å². The van der Waals surface area contributed by atoms with Gasteiger partial charge in [0.15, 0.2) is 5.96 Å². The Kier molecular flexibility index (Phi) is 1.60. The van der Waals surface area contributed by atoms with Gasteiger partial charge in [-0.2, -0.15) is 0 Å². The molecule has 1 aliphatic heterocycles. The van der Waals surface area contributed by atoms with Gasteiger partial charge < -0.3 is 11.5 Å². The monoisotopic (exact) mass is 164 g/mol. The standard InChI is InChI=1S/C8H12N4/c9-8(10)12-3-6-1-5-2-11-4-7(5)6/h4-5H,1-3H2,(H4,9,10,12). The molecular formula is C8H12N4. The van der Waals surface area contributed by atoms with Crippen LogP contribution in [0.25, 0.3) is 0 Å². The molecule has 4 heteroatoms. The maximum Gasteiger partial charge on any atom is 0.186 e. The lowest BCUT2D eigenvalue weighted by atomic mass is 9.79. The van der Waals surface area contributed by atoms with Crippen LogP contribution in [0.3, 0.4) is 0 Å². The summed E-state index contributed by atoms with van der Waals surface area (Å²) in [7, 11) is 0. The van der Waals surface area contributed by atoms with Gasteiger partial charge in [0, 0.05) is 18.7 Å². The van der Waals surface area contributed by atoms with Crippen LogP contribution in [0.1, 0.15) is 6.42 Å². The molecule has 0 amide bonds. The molecule has 12 heavy (non-hydrogen) atoms. The van der Waals surface area contributed by atoms with Crippen molar-refractivity contribution in [1.82, 2.24) is 0 Å².